The van der Waals surface area contributed by atoms with Crippen molar-refractivity contribution in [3.8, 4) is 0 Å². The van der Waals surface area contributed by atoms with Gasteiger partial charge in [-0.25, -0.2) is 8.42 Å². The number of aryl methyl sites for hydroxylation is 1. The molecule has 1 aromatic rings. The highest BCUT2D eigenvalue weighted by molar-refractivity contribution is 7.89. The van der Waals surface area contributed by atoms with Gasteiger partial charge in [0.05, 0.1) is 18.1 Å². The normalized spacial score (nSPS) is 22.9. The van der Waals surface area contributed by atoms with Crippen LogP contribution in [-0.4, -0.2) is 51.0 Å². The van der Waals surface area contributed by atoms with Gasteiger partial charge in [-0.15, -0.1) is 0 Å². The molecular formula is C26H35NO6S. The fraction of sp³-hybridized carbons (Fsp3) is 0.538. The van der Waals surface area contributed by atoms with Gasteiger partial charge in [-0.1, -0.05) is 41.0 Å². The van der Waals surface area contributed by atoms with Crippen LogP contribution < -0.4 is 0 Å². The van der Waals surface area contributed by atoms with Crippen LogP contribution in [0.1, 0.15) is 39.7 Å². The molecule has 1 saturated heterocycles. The van der Waals surface area contributed by atoms with Crippen LogP contribution in [-0.2, 0) is 29.1 Å². The van der Waals surface area contributed by atoms with E-state index in [1.807, 2.05) is 32.9 Å². The topological polar surface area (TPSA) is 90.0 Å². The van der Waals surface area contributed by atoms with Gasteiger partial charge < -0.3 is 9.47 Å². The van der Waals surface area contributed by atoms with E-state index in [1.165, 1.54) is 0 Å². The van der Waals surface area contributed by atoms with E-state index in [9.17, 15) is 18.0 Å². The lowest BCUT2D eigenvalue weighted by Gasteiger charge is -2.43. The fourth-order valence-corrected chi connectivity index (χ4v) is 6.35. The Labute approximate surface area is 202 Å². The molecule has 3 atom stereocenters. The molecule has 0 aromatic heterocycles. The van der Waals surface area contributed by atoms with E-state index in [-0.39, 0.29) is 35.9 Å². The average molecular weight is 490 g/mol. The molecule has 1 aliphatic heterocycles. The number of fused-ring (bicyclic) bond motifs is 1. The minimum atomic E-state index is -3.65. The molecule has 1 heterocycles. The standard InChI is InChI=1S/C26H35NO6S/c1-6-32-25(28)24(26(29)33-7-2)19-10-11-20-15-27(16-23(17(3)4)22(20)14-19)34(30,31)21-12-8-18(5)9-13-21/h8-13,19-20,22,24H,6-7,14-16H2,1-5H3/t19-,20+,22+/m0/s1. The van der Waals surface area contributed by atoms with Gasteiger partial charge in [-0.3, -0.25) is 9.59 Å². The summed E-state index contributed by atoms with van der Waals surface area (Å²) in [6.45, 7) is 10.3. The van der Waals surface area contributed by atoms with Crippen LogP contribution in [0.3, 0.4) is 0 Å². The molecule has 3 rings (SSSR count). The van der Waals surface area contributed by atoms with Crippen LogP contribution in [0.5, 0.6) is 0 Å². The Morgan fingerprint density at radius 3 is 2.15 bits per heavy atom. The van der Waals surface area contributed by atoms with Crippen LogP contribution in [0, 0.1) is 30.6 Å². The summed E-state index contributed by atoms with van der Waals surface area (Å²) in [7, 11) is -3.65. The molecule has 0 radical (unpaired) electrons. The maximum atomic E-state index is 13.4. The van der Waals surface area contributed by atoms with E-state index in [4.69, 9.17) is 9.47 Å². The Hall–Kier alpha value is -2.45. The molecule has 0 unspecified atom stereocenters. The molecule has 1 aliphatic carbocycles. The van der Waals surface area contributed by atoms with Crippen molar-refractivity contribution in [2.24, 2.45) is 23.7 Å². The maximum absolute atomic E-state index is 13.4. The molecule has 1 aromatic carbocycles. The second-order valence-electron chi connectivity index (χ2n) is 9.17. The molecule has 186 valence electrons. The summed E-state index contributed by atoms with van der Waals surface area (Å²) < 4.78 is 38.7. The molecule has 0 amide bonds. The SMILES string of the molecule is CCOC(=O)C(C(=O)OCC)[C@H]1C=C[C@@H]2CN(S(=O)(=O)c3ccc(C)cc3)CC(=C(C)C)[C@@H]2C1. The molecule has 8 heteroatoms. The third kappa shape index (κ3) is 5.44. The highest BCUT2D eigenvalue weighted by Crippen LogP contribution is 2.43. The predicted octanol–water partition coefficient (Wildman–Crippen LogP) is 3.89. The van der Waals surface area contributed by atoms with Crippen molar-refractivity contribution < 1.29 is 27.5 Å². The summed E-state index contributed by atoms with van der Waals surface area (Å²) in [6, 6.07) is 6.90. The Morgan fingerprint density at radius 1 is 1.03 bits per heavy atom. The number of esters is 2. The molecule has 2 aliphatic rings. The zero-order valence-corrected chi connectivity index (χ0v) is 21.4. The lowest BCUT2D eigenvalue weighted by molar-refractivity contribution is -0.164. The lowest BCUT2D eigenvalue weighted by atomic mass is 9.69. The van der Waals surface area contributed by atoms with Gasteiger partial charge in [0.25, 0.3) is 0 Å². The Kier molecular flexibility index (Phi) is 8.36. The molecule has 0 spiro atoms. The van der Waals surface area contributed by atoms with Gasteiger partial charge in [0, 0.05) is 19.0 Å². The van der Waals surface area contributed by atoms with Gasteiger partial charge in [-0.2, -0.15) is 4.31 Å². The molecule has 1 fully saturated rings. The zero-order valence-electron chi connectivity index (χ0n) is 20.6. The number of allylic oxidation sites excluding steroid dienone is 2. The van der Waals surface area contributed by atoms with Gasteiger partial charge in [-0.05, 0) is 65.0 Å². The second kappa shape index (κ2) is 10.9. The zero-order chi connectivity index (χ0) is 25.0. The van der Waals surface area contributed by atoms with E-state index < -0.39 is 27.9 Å². The number of sulfonamides is 1. The molecular weight excluding hydrogens is 454 g/mol. The number of hydrogen-bond donors (Lipinski definition) is 0. The molecule has 0 N–H and O–H groups in total. The van der Waals surface area contributed by atoms with Gasteiger partial charge >= 0.3 is 11.9 Å². The monoisotopic (exact) mass is 489 g/mol. The van der Waals surface area contributed by atoms with Crippen molar-refractivity contribution >= 4 is 22.0 Å². The quantitative estimate of drug-likeness (QED) is 0.328. The van der Waals surface area contributed by atoms with Crippen LogP contribution in [0.25, 0.3) is 0 Å². The summed E-state index contributed by atoms with van der Waals surface area (Å²) in [5, 5.41) is 0. The summed E-state index contributed by atoms with van der Waals surface area (Å²) in [4.78, 5) is 25.6. The van der Waals surface area contributed by atoms with Crippen LogP contribution >= 0.6 is 0 Å². The number of ether oxygens (including phenoxy) is 2. The Balaban J connectivity index is 1.92. The first-order chi connectivity index (χ1) is 16.1. The molecule has 0 bridgehead atoms. The number of carbonyl (C=O) groups excluding carboxylic acids is 2. The van der Waals surface area contributed by atoms with Crippen molar-refractivity contribution in [3.63, 3.8) is 0 Å². The first kappa shape index (κ1) is 26.2. The summed E-state index contributed by atoms with van der Waals surface area (Å²) in [5.74, 6) is -2.55. The maximum Gasteiger partial charge on any atom is 0.320 e. The number of carbonyl (C=O) groups is 2. The summed E-state index contributed by atoms with van der Waals surface area (Å²) in [5.41, 5.74) is 3.09. The first-order valence-corrected chi connectivity index (χ1v) is 13.3. The van der Waals surface area contributed by atoms with Crippen molar-refractivity contribution in [2.45, 2.75) is 45.9 Å². The largest absolute Gasteiger partial charge is 0.465 e. The number of piperidine rings is 1. The number of hydrogen-bond acceptors (Lipinski definition) is 6. The molecule has 7 nitrogen and oxygen atoms in total. The number of nitrogens with zero attached hydrogens (tertiary/aromatic N) is 1. The molecule has 34 heavy (non-hydrogen) atoms. The van der Waals surface area contributed by atoms with E-state index in [1.54, 1.807) is 42.4 Å². The van der Waals surface area contributed by atoms with Crippen molar-refractivity contribution in [3.05, 3.63) is 53.1 Å². The van der Waals surface area contributed by atoms with Crippen LogP contribution in [0.2, 0.25) is 0 Å². The smallest absolute Gasteiger partial charge is 0.320 e. The highest BCUT2D eigenvalue weighted by Gasteiger charge is 2.44. The fourth-order valence-electron chi connectivity index (χ4n) is 4.89. The van der Waals surface area contributed by atoms with Gasteiger partial charge in [0.2, 0.25) is 10.0 Å². The Morgan fingerprint density at radius 2 is 1.62 bits per heavy atom. The third-order valence-corrected chi connectivity index (χ3v) is 8.49. The van der Waals surface area contributed by atoms with Crippen LogP contribution in [0.15, 0.2) is 52.5 Å². The minimum Gasteiger partial charge on any atom is -0.465 e. The number of rotatable bonds is 7. The van der Waals surface area contributed by atoms with Crippen molar-refractivity contribution in [1.82, 2.24) is 4.31 Å². The number of benzene rings is 1. The first-order valence-electron chi connectivity index (χ1n) is 11.8. The predicted molar refractivity (Wildman–Crippen MR) is 129 cm³/mol. The average Bonchev–Trinajstić information content (AvgIpc) is 2.79. The van der Waals surface area contributed by atoms with Gasteiger partial charge in [0.15, 0.2) is 5.92 Å². The van der Waals surface area contributed by atoms with E-state index in [0.29, 0.717) is 19.5 Å². The van der Waals surface area contributed by atoms with Crippen molar-refractivity contribution in [2.75, 3.05) is 26.3 Å². The second-order valence-corrected chi connectivity index (χ2v) is 11.1. The van der Waals surface area contributed by atoms with Crippen LogP contribution in [0.4, 0.5) is 0 Å². The summed E-state index contributed by atoms with van der Waals surface area (Å²) >= 11 is 0. The van der Waals surface area contributed by atoms with E-state index in [0.717, 1.165) is 16.7 Å². The summed E-state index contributed by atoms with van der Waals surface area (Å²) in [6.07, 6.45) is 4.39. The Bertz CT molecular complexity index is 1050. The third-order valence-electron chi connectivity index (χ3n) is 6.67. The molecule has 0 saturated carbocycles. The van der Waals surface area contributed by atoms with Gasteiger partial charge in [0.1, 0.15) is 0 Å². The van der Waals surface area contributed by atoms with E-state index >= 15 is 0 Å². The minimum absolute atomic E-state index is 0.0378. The highest BCUT2D eigenvalue weighted by atomic mass is 32.2. The van der Waals surface area contributed by atoms with Crippen molar-refractivity contribution in [1.29, 1.82) is 0 Å². The lowest BCUT2D eigenvalue weighted by Crippen LogP contribution is -2.47. The van der Waals surface area contributed by atoms with E-state index in [2.05, 4.69) is 0 Å².